The van der Waals surface area contributed by atoms with Crippen LogP contribution in [0.4, 0.5) is 0 Å². The summed E-state index contributed by atoms with van der Waals surface area (Å²) in [6.07, 6.45) is 0. The zero-order chi connectivity index (χ0) is 13.0. The van der Waals surface area contributed by atoms with Crippen LogP contribution in [-0.2, 0) is 4.79 Å². The lowest BCUT2D eigenvalue weighted by molar-refractivity contribution is -0.114. The number of rotatable bonds is 3. The molecule has 0 unspecified atom stereocenters. The Kier molecular flexibility index (Phi) is 4.54. The summed E-state index contributed by atoms with van der Waals surface area (Å²) in [7, 11) is 0. The van der Waals surface area contributed by atoms with Gasteiger partial charge in [-0.3, -0.25) is 9.59 Å². The van der Waals surface area contributed by atoms with Crippen molar-refractivity contribution in [3.05, 3.63) is 45.6 Å². The minimum Gasteiger partial charge on any atom is -0.364 e. The van der Waals surface area contributed by atoms with Gasteiger partial charge in [0, 0.05) is 5.56 Å². The van der Waals surface area contributed by atoms with Crippen molar-refractivity contribution in [3.8, 4) is 0 Å². The minimum atomic E-state index is -0.896. The maximum absolute atomic E-state index is 11.8. The van der Waals surface area contributed by atoms with Gasteiger partial charge in [0.15, 0.2) is 0 Å². The molecule has 1 rings (SSSR count). The van der Waals surface area contributed by atoms with Gasteiger partial charge in [-0.25, -0.2) is 0 Å². The number of amides is 2. The highest BCUT2D eigenvalue weighted by Gasteiger charge is 2.15. The number of carbonyl (C=O) groups is 2. The normalized spacial score (nSPS) is 9.59. The van der Waals surface area contributed by atoms with Crippen molar-refractivity contribution in [3.63, 3.8) is 0 Å². The van der Waals surface area contributed by atoms with Gasteiger partial charge in [0.2, 0.25) is 0 Å². The summed E-state index contributed by atoms with van der Waals surface area (Å²) in [5.41, 5.74) is 5.88. The van der Waals surface area contributed by atoms with E-state index in [1.807, 2.05) is 0 Å². The maximum atomic E-state index is 11.8. The molecule has 1 aromatic rings. The third kappa shape index (κ3) is 3.47. The van der Waals surface area contributed by atoms with Crippen LogP contribution in [-0.4, -0.2) is 11.8 Å². The number of hydrogen-bond donors (Lipinski definition) is 2. The summed E-state index contributed by atoms with van der Waals surface area (Å²) >= 11 is 10.9. The highest BCUT2D eigenvalue weighted by atomic mass is 35.5. The van der Waals surface area contributed by atoms with Crippen molar-refractivity contribution in [2.75, 3.05) is 0 Å². The minimum absolute atomic E-state index is 0.318. The first-order valence-corrected chi connectivity index (χ1v) is 5.41. The molecule has 3 N–H and O–H groups in total. The van der Waals surface area contributed by atoms with Crippen LogP contribution >= 0.6 is 23.2 Å². The van der Waals surface area contributed by atoms with Gasteiger partial charge >= 0.3 is 0 Å². The molecule has 17 heavy (non-hydrogen) atoms. The van der Waals surface area contributed by atoms with E-state index in [0.717, 1.165) is 5.56 Å². The third-order valence-electron chi connectivity index (χ3n) is 2.06. The number of primary amides is 1. The molecule has 0 heterocycles. The summed E-state index contributed by atoms with van der Waals surface area (Å²) in [4.78, 5) is 22.8. The highest BCUT2D eigenvalue weighted by molar-refractivity contribution is 6.57. The third-order valence-corrected chi connectivity index (χ3v) is 2.44. The Hall–Kier alpha value is -1.52. The number of nitrogens with one attached hydrogen (secondary N) is 1. The van der Waals surface area contributed by atoms with Gasteiger partial charge in [0.25, 0.3) is 11.8 Å². The average molecular weight is 273 g/mol. The van der Waals surface area contributed by atoms with E-state index in [4.69, 9.17) is 28.9 Å². The SMILES string of the molecule is Cc1ccccc1C(=O)NC(C(N)=O)=C(Cl)Cl. The van der Waals surface area contributed by atoms with Crippen LogP contribution in [0.1, 0.15) is 15.9 Å². The molecule has 0 saturated carbocycles. The fourth-order valence-electron chi connectivity index (χ4n) is 1.21. The molecular formula is C11H10Cl2N2O2. The van der Waals surface area contributed by atoms with Crippen LogP contribution < -0.4 is 11.1 Å². The van der Waals surface area contributed by atoms with Crippen LogP contribution in [0.25, 0.3) is 0 Å². The van der Waals surface area contributed by atoms with E-state index in [2.05, 4.69) is 5.32 Å². The van der Waals surface area contributed by atoms with Gasteiger partial charge in [0.1, 0.15) is 10.2 Å². The van der Waals surface area contributed by atoms with Gasteiger partial charge in [0.05, 0.1) is 0 Å². The smallest absolute Gasteiger partial charge is 0.267 e. The lowest BCUT2D eigenvalue weighted by atomic mass is 10.1. The first kappa shape index (κ1) is 13.5. The molecule has 0 aliphatic rings. The van der Waals surface area contributed by atoms with E-state index in [9.17, 15) is 9.59 Å². The topological polar surface area (TPSA) is 72.2 Å². The zero-order valence-corrected chi connectivity index (χ0v) is 10.5. The number of benzene rings is 1. The average Bonchev–Trinajstić information content (AvgIpc) is 2.25. The number of halogens is 2. The Morgan fingerprint density at radius 3 is 2.29 bits per heavy atom. The van der Waals surface area contributed by atoms with Crippen molar-refractivity contribution in [2.24, 2.45) is 5.73 Å². The molecule has 0 atom stereocenters. The van der Waals surface area contributed by atoms with E-state index in [1.165, 1.54) is 0 Å². The van der Waals surface area contributed by atoms with Crippen LogP contribution in [0.3, 0.4) is 0 Å². The second-order valence-electron chi connectivity index (χ2n) is 3.27. The molecule has 0 radical (unpaired) electrons. The molecule has 4 nitrogen and oxygen atoms in total. The Labute approximate surface area is 108 Å². The van der Waals surface area contributed by atoms with Crippen LogP contribution in [0.2, 0.25) is 0 Å². The summed E-state index contributed by atoms with van der Waals surface area (Å²) < 4.78 is -0.376. The van der Waals surface area contributed by atoms with Gasteiger partial charge < -0.3 is 11.1 Å². The molecular weight excluding hydrogens is 263 g/mol. The molecule has 6 heteroatoms. The van der Waals surface area contributed by atoms with Crippen molar-refractivity contribution < 1.29 is 9.59 Å². The van der Waals surface area contributed by atoms with Crippen molar-refractivity contribution >= 4 is 35.0 Å². The van der Waals surface area contributed by atoms with E-state index in [0.29, 0.717) is 5.56 Å². The van der Waals surface area contributed by atoms with Crippen LogP contribution in [0, 0.1) is 6.92 Å². The lowest BCUT2D eigenvalue weighted by Gasteiger charge is -2.08. The van der Waals surface area contributed by atoms with Crippen molar-refractivity contribution in [2.45, 2.75) is 6.92 Å². The lowest BCUT2D eigenvalue weighted by Crippen LogP contribution is -2.32. The van der Waals surface area contributed by atoms with Crippen molar-refractivity contribution in [1.82, 2.24) is 5.32 Å². The Balaban J connectivity index is 2.98. The summed E-state index contributed by atoms with van der Waals surface area (Å²) in [5, 5.41) is 2.28. The first-order valence-electron chi connectivity index (χ1n) is 4.65. The highest BCUT2D eigenvalue weighted by Crippen LogP contribution is 2.13. The van der Waals surface area contributed by atoms with Gasteiger partial charge in [-0.05, 0) is 18.6 Å². The molecule has 0 aromatic heterocycles. The van der Waals surface area contributed by atoms with Gasteiger partial charge in [-0.15, -0.1) is 0 Å². The summed E-state index contributed by atoms with van der Waals surface area (Å²) in [6.45, 7) is 1.77. The standard InChI is InChI=1S/C11H10Cl2N2O2/c1-6-4-2-3-5-7(6)11(17)15-8(9(12)13)10(14)16/h2-5H,1H3,(H2,14,16)(H,15,17). The Morgan fingerprint density at radius 1 is 1.24 bits per heavy atom. The monoisotopic (exact) mass is 272 g/mol. The quantitative estimate of drug-likeness (QED) is 0.825. The van der Waals surface area contributed by atoms with Crippen molar-refractivity contribution in [1.29, 1.82) is 0 Å². The second-order valence-corrected chi connectivity index (χ2v) is 4.22. The number of nitrogens with two attached hydrogens (primary N) is 1. The van der Waals surface area contributed by atoms with Crippen LogP contribution in [0.15, 0.2) is 34.5 Å². The zero-order valence-electron chi connectivity index (χ0n) is 8.96. The number of aryl methyl sites for hydroxylation is 1. The molecule has 90 valence electrons. The molecule has 0 fully saturated rings. The van der Waals surface area contributed by atoms with E-state index in [1.54, 1.807) is 31.2 Å². The number of carbonyl (C=O) groups excluding carboxylic acids is 2. The summed E-state index contributed by atoms with van der Waals surface area (Å²) in [5.74, 6) is -1.39. The fraction of sp³-hybridized carbons (Fsp3) is 0.0909. The predicted molar refractivity (Wildman–Crippen MR) is 66.6 cm³/mol. The molecule has 0 aliphatic carbocycles. The van der Waals surface area contributed by atoms with E-state index in [-0.39, 0.29) is 10.2 Å². The van der Waals surface area contributed by atoms with Crippen LogP contribution in [0.5, 0.6) is 0 Å². The predicted octanol–water partition coefficient (Wildman–Crippen LogP) is 1.86. The first-order chi connectivity index (χ1) is 7.93. The molecule has 1 aromatic carbocycles. The van der Waals surface area contributed by atoms with E-state index < -0.39 is 11.8 Å². The Morgan fingerprint density at radius 2 is 1.82 bits per heavy atom. The molecule has 0 saturated heterocycles. The van der Waals surface area contributed by atoms with Gasteiger partial charge in [-0.2, -0.15) is 0 Å². The molecule has 0 bridgehead atoms. The Bertz CT molecular complexity index is 494. The molecule has 0 aliphatic heterocycles. The van der Waals surface area contributed by atoms with E-state index >= 15 is 0 Å². The maximum Gasteiger partial charge on any atom is 0.267 e. The second kappa shape index (κ2) is 5.70. The molecule has 0 spiro atoms. The number of hydrogen-bond acceptors (Lipinski definition) is 2. The summed E-state index contributed by atoms with van der Waals surface area (Å²) in [6, 6.07) is 6.89. The largest absolute Gasteiger partial charge is 0.364 e. The molecule has 2 amide bonds. The van der Waals surface area contributed by atoms with Gasteiger partial charge in [-0.1, -0.05) is 41.4 Å². The fourth-order valence-corrected chi connectivity index (χ4v) is 1.49.